The molecule has 8 heteroatoms. The van der Waals surface area contributed by atoms with Gasteiger partial charge < -0.3 is 40.1 Å². The van der Waals surface area contributed by atoms with Gasteiger partial charge in [0.25, 0.3) is 0 Å². The largest absolute Gasteiger partial charge is 0.508 e. The number of aliphatic hydroxyl groups is 5. The van der Waals surface area contributed by atoms with Crippen molar-refractivity contribution >= 4 is 0 Å². The third-order valence-electron chi connectivity index (χ3n) is 3.93. The number of hydrogen-bond donors (Lipinski definition) is 6. The van der Waals surface area contributed by atoms with Gasteiger partial charge in [0.15, 0.2) is 0 Å². The van der Waals surface area contributed by atoms with Gasteiger partial charge in [0.05, 0.1) is 6.61 Å². The second-order valence-corrected chi connectivity index (χ2v) is 5.83. The third-order valence-corrected chi connectivity index (χ3v) is 3.93. The van der Waals surface area contributed by atoms with Crippen LogP contribution in [-0.4, -0.2) is 74.6 Å². The highest BCUT2D eigenvalue weighted by atomic mass is 16.7. The van der Waals surface area contributed by atoms with Crippen molar-refractivity contribution in [3.05, 3.63) is 23.8 Å². The molecule has 0 amide bonds. The molecule has 0 radical (unpaired) electrons. The highest BCUT2D eigenvalue weighted by Gasteiger charge is 2.44. The summed E-state index contributed by atoms with van der Waals surface area (Å²) in [6, 6.07) is 4.55. The number of aliphatic hydroxyl groups excluding tert-OH is 5. The molecule has 6 N–H and O–H groups in total. The lowest BCUT2D eigenvalue weighted by Crippen LogP contribution is -2.60. The van der Waals surface area contributed by atoms with Crippen LogP contribution < -0.4 is 4.74 Å². The van der Waals surface area contributed by atoms with Gasteiger partial charge in [-0.15, -0.1) is 0 Å². The Balaban J connectivity index is 2.08. The average Bonchev–Trinajstić information content (AvgIpc) is 2.55. The van der Waals surface area contributed by atoms with Crippen molar-refractivity contribution in [2.24, 2.45) is 0 Å². The zero-order valence-corrected chi connectivity index (χ0v) is 13.2. The first-order valence-corrected chi connectivity index (χ1v) is 7.87. The van der Waals surface area contributed by atoms with E-state index in [-0.39, 0.29) is 18.1 Å². The van der Waals surface area contributed by atoms with Crippen molar-refractivity contribution < 1.29 is 40.1 Å². The zero-order chi connectivity index (χ0) is 17.7. The van der Waals surface area contributed by atoms with Crippen LogP contribution in [0, 0.1) is 0 Å². The Labute approximate surface area is 139 Å². The Morgan fingerprint density at radius 3 is 2.38 bits per heavy atom. The summed E-state index contributed by atoms with van der Waals surface area (Å²) >= 11 is 0. The van der Waals surface area contributed by atoms with Crippen LogP contribution >= 0.6 is 0 Å². The Hall–Kier alpha value is -1.42. The van der Waals surface area contributed by atoms with E-state index >= 15 is 0 Å². The van der Waals surface area contributed by atoms with E-state index in [0.29, 0.717) is 12.8 Å². The molecular weight excluding hydrogens is 320 g/mol. The Bertz CT molecular complexity index is 521. The van der Waals surface area contributed by atoms with Crippen LogP contribution in [0.5, 0.6) is 11.5 Å². The second-order valence-electron chi connectivity index (χ2n) is 5.83. The summed E-state index contributed by atoms with van der Waals surface area (Å²) in [5, 5.41) is 57.2. The van der Waals surface area contributed by atoms with Crippen LogP contribution in [0.25, 0.3) is 0 Å². The molecule has 0 aromatic heterocycles. The summed E-state index contributed by atoms with van der Waals surface area (Å²) in [6.45, 7) is -0.454. The molecule has 0 bridgehead atoms. The molecule has 1 aromatic rings. The molecule has 1 aromatic carbocycles. The zero-order valence-electron chi connectivity index (χ0n) is 13.2. The fourth-order valence-corrected chi connectivity index (χ4v) is 2.60. The molecule has 0 saturated carbocycles. The lowest BCUT2D eigenvalue weighted by molar-refractivity contribution is -0.277. The van der Waals surface area contributed by atoms with Crippen LogP contribution in [0.1, 0.15) is 18.4 Å². The Morgan fingerprint density at radius 2 is 1.71 bits per heavy atom. The van der Waals surface area contributed by atoms with E-state index in [1.807, 2.05) is 0 Å². The molecule has 8 nitrogen and oxygen atoms in total. The van der Waals surface area contributed by atoms with E-state index in [0.717, 1.165) is 12.0 Å². The van der Waals surface area contributed by atoms with E-state index in [2.05, 4.69) is 0 Å². The highest BCUT2D eigenvalue weighted by molar-refractivity contribution is 5.37. The monoisotopic (exact) mass is 344 g/mol. The van der Waals surface area contributed by atoms with Crippen LogP contribution in [-0.2, 0) is 11.2 Å². The van der Waals surface area contributed by atoms with Gasteiger partial charge in [-0.3, -0.25) is 0 Å². The Morgan fingerprint density at radius 1 is 0.958 bits per heavy atom. The van der Waals surface area contributed by atoms with Crippen LogP contribution in [0.4, 0.5) is 0 Å². The van der Waals surface area contributed by atoms with Crippen molar-refractivity contribution in [3.8, 4) is 11.5 Å². The molecule has 1 aliphatic heterocycles. The highest BCUT2D eigenvalue weighted by Crippen LogP contribution is 2.28. The minimum atomic E-state index is -1.53. The lowest BCUT2D eigenvalue weighted by atomic mass is 9.99. The summed E-state index contributed by atoms with van der Waals surface area (Å²) in [7, 11) is 0. The molecule has 136 valence electrons. The molecule has 5 unspecified atom stereocenters. The molecule has 5 atom stereocenters. The van der Waals surface area contributed by atoms with E-state index in [1.54, 1.807) is 12.1 Å². The maximum atomic E-state index is 9.96. The number of ether oxygens (including phenoxy) is 2. The first-order valence-electron chi connectivity index (χ1n) is 7.87. The van der Waals surface area contributed by atoms with Gasteiger partial charge in [0.1, 0.15) is 35.9 Å². The smallest absolute Gasteiger partial charge is 0.229 e. The molecule has 1 fully saturated rings. The van der Waals surface area contributed by atoms with Crippen LogP contribution in [0.2, 0.25) is 0 Å². The minimum absolute atomic E-state index is 0.0314. The number of aromatic hydroxyl groups is 1. The standard InChI is InChI=1S/C16H24O8/c17-4-2-1-3-9-5-10(19)7-11(6-9)23-16-15(22)14(21)13(20)12(8-18)24-16/h5-7,12-22H,1-4,8H2. The van der Waals surface area contributed by atoms with Crippen molar-refractivity contribution in [1.29, 1.82) is 0 Å². The molecule has 2 rings (SSSR count). The fourth-order valence-electron chi connectivity index (χ4n) is 2.60. The molecule has 24 heavy (non-hydrogen) atoms. The predicted molar refractivity (Wildman–Crippen MR) is 82.5 cm³/mol. The van der Waals surface area contributed by atoms with Gasteiger partial charge in [0.2, 0.25) is 6.29 Å². The van der Waals surface area contributed by atoms with Gasteiger partial charge in [0, 0.05) is 12.7 Å². The number of phenolic OH excluding ortho intramolecular Hbond substituents is 1. The van der Waals surface area contributed by atoms with Crippen molar-refractivity contribution in [3.63, 3.8) is 0 Å². The van der Waals surface area contributed by atoms with E-state index in [4.69, 9.17) is 19.7 Å². The van der Waals surface area contributed by atoms with Crippen molar-refractivity contribution in [1.82, 2.24) is 0 Å². The maximum Gasteiger partial charge on any atom is 0.229 e. The van der Waals surface area contributed by atoms with Gasteiger partial charge in [-0.05, 0) is 37.0 Å². The number of hydrogen-bond acceptors (Lipinski definition) is 8. The normalized spacial score (nSPS) is 30.3. The van der Waals surface area contributed by atoms with Gasteiger partial charge in [-0.2, -0.15) is 0 Å². The molecular formula is C16H24O8. The van der Waals surface area contributed by atoms with E-state index in [9.17, 15) is 20.4 Å². The van der Waals surface area contributed by atoms with Crippen LogP contribution in [0.3, 0.4) is 0 Å². The number of unbranched alkanes of at least 4 members (excludes halogenated alkanes) is 1. The van der Waals surface area contributed by atoms with Crippen molar-refractivity contribution in [2.75, 3.05) is 13.2 Å². The quantitative estimate of drug-likeness (QED) is 0.342. The lowest BCUT2D eigenvalue weighted by Gasteiger charge is -2.39. The SMILES string of the molecule is OCCCCc1cc(O)cc(OC2OC(CO)C(O)C(O)C2O)c1. The Kier molecular flexibility index (Phi) is 6.79. The molecule has 1 saturated heterocycles. The van der Waals surface area contributed by atoms with E-state index < -0.39 is 37.3 Å². The summed E-state index contributed by atoms with van der Waals surface area (Å²) in [5.74, 6) is 0.189. The number of rotatable bonds is 7. The van der Waals surface area contributed by atoms with Gasteiger partial charge >= 0.3 is 0 Å². The van der Waals surface area contributed by atoms with E-state index in [1.165, 1.54) is 6.07 Å². The minimum Gasteiger partial charge on any atom is -0.508 e. The first-order chi connectivity index (χ1) is 11.5. The van der Waals surface area contributed by atoms with Crippen molar-refractivity contribution in [2.45, 2.75) is 50.0 Å². The summed E-state index contributed by atoms with van der Waals surface area (Å²) in [5.41, 5.74) is 0.781. The molecule has 1 heterocycles. The van der Waals surface area contributed by atoms with Crippen LogP contribution in [0.15, 0.2) is 18.2 Å². The number of benzene rings is 1. The summed E-state index contributed by atoms with van der Waals surface area (Å²) in [4.78, 5) is 0. The first kappa shape index (κ1) is 18.9. The summed E-state index contributed by atoms with van der Waals surface area (Å²) in [6.07, 6.45) is -4.85. The fraction of sp³-hybridized carbons (Fsp3) is 0.625. The maximum absolute atomic E-state index is 9.96. The summed E-state index contributed by atoms with van der Waals surface area (Å²) < 4.78 is 10.7. The number of aryl methyl sites for hydroxylation is 1. The molecule has 0 spiro atoms. The average molecular weight is 344 g/mol. The number of phenols is 1. The second kappa shape index (κ2) is 8.61. The third kappa shape index (κ3) is 4.56. The predicted octanol–water partition coefficient (Wildman–Crippen LogP) is -1.11. The molecule has 1 aliphatic rings. The topological polar surface area (TPSA) is 140 Å². The van der Waals surface area contributed by atoms with Gasteiger partial charge in [-0.25, -0.2) is 0 Å². The molecule has 0 aliphatic carbocycles. The van der Waals surface area contributed by atoms with Gasteiger partial charge in [-0.1, -0.05) is 0 Å².